The summed E-state index contributed by atoms with van der Waals surface area (Å²) in [5.41, 5.74) is 0.558. The average molecular weight is 273 g/mol. The van der Waals surface area contributed by atoms with Gasteiger partial charge in [-0.2, -0.15) is 11.8 Å². The van der Waals surface area contributed by atoms with Crippen molar-refractivity contribution in [1.82, 2.24) is 14.5 Å². The van der Waals surface area contributed by atoms with E-state index in [1.54, 1.807) is 18.7 Å². The van der Waals surface area contributed by atoms with Gasteiger partial charge >= 0.3 is 5.97 Å². The Morgan fingerprint density at radius 1 is 1.53 bits per heavy atom. The highest BCUT2D eigenvalue weighted by molar-refractivity contribution is 7.99. The summed E-state index contributed by atoms with van der Waals surface area (Å²) in [7, 11) is 0. The molecule has 2 rings (SSSR count). The first-order valence-electron chi connectivity index (χ1n) is 5.01. The van der Waals surface area contributed by atoms with E-state index in [4.69, 9.17) is 5.11 Å². The van der Waals surface area contributed by atoms with Crippen LogP contribution in [-0.2, 0) is 4.79 Å². The number of aryl methyl sites for hydroxylation is 1. The summed E-state index contributed by atoms with van der Waals surface area (Å²) in [5, 5.41) is 12.9. The summed E-state index contributed by atoms with van der Waals surface area (Å²) < 4.78 is 3.70. The summed E-state index contributed by atoms with van der Waals surface area (Å²) >= 11 is 2.56. The van der Waals surface area contributed by atoms with Gasteiger partial charge in [-0.3, -0.25) is 4.79 Å². The standard InChI is InChI=1S/C9H11N3O3S2/c1-5-7(17-11-10-5)8(13)12-2-3-16-4-6(12)9(14)15/h6H,2-4H2,1H3,(H,14,15). The van der Waals surface area contributed by atoms with E-state index in [2.05, 4.69) is 9.59 Å². The maximum atomic E-state index is 12.2. The molecule has 2 heterocycles. The number of rotatable bonds is 2. The second-order valence-corrected chi connectivity index (χ2v) is 5.52. The lowest BCUT2D eigenvalue weighted by Gasteiger charge is -2.32. The molecular formula is C9H11N3O3S2. The number of aliphatic carboxylic acids is 1. The van der Waals surface area contributed by atoms with Crippen molar-refractivity contribution in [2.75, 3.05) is 18.1 Å². The van der Waals surface area contributed by atoms with Crippen LogP contribution in [-0.4, -0.2) is 55.6 Å². The molecule has 92 valence electrons. The lowest BCUT2D eigenvalue weighted by molar-refractivity contribution is -0.141. The Morgan fingerprint density at radius 3 is 2.88 bits per heavy atom. The number of carbonyl (C=O) groups excluding carboxylic acids is 1. The second-order valence-electron chi connectivity index (χ2n) is 3.61. The van der Waals surface area contributed by atoms with Gasteiger partial charge in [0.15, 0.2) is 0 Å². The Bertz CT molecular complexity index is 448. The smallest absolute Gasteiger partial charge is 0.327 e. The number of thioether (sulfide) groups is 1. The molecule has 6 nitrogen and oxygen atoms in total. The molecule has 0 aromatic carbocycles. The van der Waals surface area contributed by atoms with E-state index in [9.17, 15) is 9.59 Å². The van der Waals surface area contributed by atoms with Crippen molar-refractivity contribution >= 4 is 35.2 Å². The number of nitrogens with zero attached hydrogens (tertiary/aromatic N) is 3. The Kier molecular flexibility index (Phi) is 3.63. The molecular weight excluding hydrogens is 262 g/mol. The third kappa shape index (κ3) is 2.42. The number of hydrogen-bond acceptors (Lipinski definition) is 6. The Balaban J connectivity index is 2.23. The Labute approximate surface area is 106 Å². The van der Waals surface area contributed by atoms with Crippen LogP contribution >= 0.6 is 23.3 Å². The molecule has 1 amide bonds. The van der Waals surface area contributed by atoms with Crippen LogP contribution in [0.25, 0.3) is 0 Å². The normalized spacial score (nSPS) is 20.3. The maximum Gasteiger partial charge on any atom is 0.327 e. The van der Waals surface area contributed by atoms with Crippen molar-refractivity contribution in [1.29, 1.82) is 0 Å². The summed E-state index contributed by atoms with van der Waals surface area (Å²) in [4.78, 5) is 25.1. The molecule has 1 aromatic rings. The van der Waals surface area contributed by atoms with Crippen molar-refractivity contribution in [3.8, 4) is 0 Å². The molecule has 1 aliphatic heterocycles. The number of aromatic nitrogens is 2. The number of carbonyl (C=O) groups is 2. The highest BCUT2D eigenvalue weighted by Gasteiger charge is 2.34. The summed E-state index contributed by atoms with van der Waals surface area (Å²) in [6.45, 7) is 2.16. The zero-order chi connectivity index (χ0) is 12.4. The first kappa shape index (κ1) is 12.3. The van der Waals surface area contributed by atoms with Gasteiger partial charge in [0, 0.05) is 18.1 Å². The molecule has 0 bridgehead atoms. The van der Waals surface area contributed by atoms with E-state index in [0.29, 0.717) is 22.9 Å². The molecule has 8 heteroatoms. The zero-order valence-electron chi connectivity index (χ0n) is 9.12. The van der Waals surface area contributed by atoms with E-state index < -0.39 is 12.0 Å². The molecule has 0 radical (unpaired) electrons. The SMILES string of the molecule is Cc1nnsc1C(=O)N1CCSCC1C(=O)O. The van der Waals surface area contributed by atoms with Crippen LogP contribution in [0.15, 0.2) is 0 Å². The second kappa shape index (κ2) is 5.01. The van der Waals surface area contributed by atoms with Crippen LogP contribution < -0.4 is 0 Å². The van der Waals surface area contributed by atoms with E-state index >= 15 is 0 Å². The van der Waals surface area contributed by atoms with Gasteiger partial charge in [-0.15, -0.1) is 5.10 Å². The fourth-order valence-corrected chi connectivity index (χ4v) is 3.26. The van der Waals surface area contributed by atoms with E-state index in [1.807, 2.05) is 0 Å². The van der Waals surface area contributed by atoms with Crippen LogP contribution in [0.4, 0.5) is 0 Å². The van der Waals surface area contributed by atoms with Gasteiger partial charge < -0.3 is 10.0 Å². The Hall–Kier alpha value is -1.15. The van der Waals surface area contributed by atoms with Crippen LogP contribution in [0.2, 0.25) is 0 Å². The molecule has 1 unspecified atom stereocenters. The van der Waals surface area contributed by atoms with Crippen molar-refractivity contribution in [3.63, 3.8) is 0 Å². The first-order valence-corrected chi connectivity index (χ1v) is 6.94. The van der Waals surface area contributed by atoms with Gasteiger partial charge in [-0.05, 0) is 18.5 Å². The molecule has 1 aromatic heterocycles. The van der Waals surface area contributed by atoms with Crippen LogP contribution in [0.3, 0.4) is 0 Å². The maximum absolute atomic E-state index is 12.2. The molecule has 17 heavy (non-hydrogen) atoms. The minimum Gasteiger partial charge on any atom is -0.480 e. The molecule has 1 fully saturated rings. The average Bonchev–Trinajstić information content (AvgIpc) is 2.74. The third-order valence-electron chi connectivity index (χ3n) is 2.52. The lowest BCUT2D eigenvalue weighted by atomic mass is 10.2. The zero-order valence-corrected chi connectivity index (χ0v) is 10.8. The number of carboxylic acid groups (broad SMARTS) is 1. The van der Waals surface area contributed by atoms with E-state index in [-0.39, 0.29) is 5.91 Å². The lowest BCUT2D eigenvalue weighted by Crippen LogP contribution is -2.50. The van der Waals surface area contributed by atoms with Crippen molar-refractivity contribution in [2.45, 2.75) is 13.0 Å². The van der Waals surface area contributed by atoms with Crippen LogP contribution in [0.5, 0.6) is 0 Å². The fourth-order valence-electron chi connectivity index (χ4n) is 1.61. The third-order valence-corrected chi connectivity index (χ3v) is 4.36. The van der Waals surface area contributed by atoms with Crippen LogP contribution in [0.1, 0.15) is 15.4 Å². The van der Waals surface area contributed by atoms with E-state index in [0.717, 1.165) is 17.3 Å². The number of hydrogen-bond donors (Lipinski definition) is 1. The quantitative estimate of drug-likeness (QED) is 0.844. The van der Waals surface area contributed by atoms with Gasteiger partial charge in [0.1, 0.15) is 10.9 Å². The molecule has 1 saturated heterocycles. The molecule has 0 spiro atoms. The topological polar surface area (TPSA) is 83.4 Å². The predicted octanol–water partition coefficient (Wildman–Crippen LogP) is 0.489. The van der Waals surface area contributed by atoms with Gasteiger partial charge in [0.2, 0.25) is 0 Å². The number of amides is 1. The van der Waals surface area contributed by atoms with Gasteiger partial charge in [0.25, 0.3) is 5.91 Å². The predicted molar refractivity (Wildman–Crippen MR) is 64.4 cm³/mol. The van der Waals surface area contributed by atoms with Crippen LogP contribution in [0, 0.1) is 6.92 Å². The van der Waals surface area contributed by atoms with Crippen molar-refractivity contribution in [2.24, 2.45) is 0 Å². The molecule has 1 aliphatic rings. The van der Waals surface area contributed by atoms with Gasteiger partial charge in [-0.1, -0.05) is 4.49 Å². The van der Waals surface area contributed by atoms with Gasteiger partial charge in [-0.25, -0.2) is 4.79 Å². The monoisotopic (exact) mass is 273 g/mol. The fraction of sp³-hybridized carbons (Fsp3) is 0.556. The molecule has 0 saturated carbocycles. The Morgan fingerprint density at radius 2 is 2.29 bits per heavy atom. The summed E-state index contributed by atoms with van der Waals surface area (Å²) in [6.07, 6.45) is 0. The highest BCUT2D eigenvalue weighted by atomic mass is 32.2. The minimum absolute atomic E-state index is 0.273. The molecule has 0 aliphatic carbocycles. The largest absolute Gasteiger partial charge is 0.480 e. The summed E-state index contributed by atoms with van der Waals surface area (Å²) in [6, 6.07) is -0.747. The molecule has 1 atom stereocenters. The van der Waals surface area contributed by atoms with Crippen molar-refractivity contribution < 1.29 is 14.7 Å². The minimum atomic E-state index is -0.958. The van der Waals surface area contributed by atoms with E-state index in [1.165, 1.54) is 4.90 Å². The first-order chi connectivity index (χ1) is 8.11. The number of carboxylic acids is 1. The molecule has 1 N–H and O–H groups in total. The van der Waals surface area contributed by atoms with Gasteiger partial charge in [0.05, 0.1) is 5.69 Å². The summed E-state index contributed by atoms with van der Waals surface area (Å²) in [5.74, 6) is -0.0291. The highest BCUT2D eigenvalue weighted by Crippen LogP contribution is 2.21. The van der Waals surface area contributed by atoms with Crippen molar-refractivity contribution in [3.05, 3.63) is 10.6 Å².